The molecule has 1 fully saturated rings. The van der Waals surface area contributed by atoms with Gasteiger partial charge < -0.3 is 15.2 Å². The van der Waals surface area contributed by atoms with E-state index in [1.54, 1.807) is 7.11 Å². The molecule has 3 nitrogen and oxygen atoms in total. The van der Waals surface area contributed by atoms with Gasteiger partial charge >= 0.3 is 0 Å². The van der Waals surface area contributed by atoms with Gasteiger partial charge in [-0.1, -0.05) is 32.0 Å². The van der Waals surface area contributed by atoms with Gasteiger partial charge in [0.1, 0.15) is 5.75 Å². The zero-order valence-corrected chi connectivity index (χ0v) is 12.8. The number of hydrogen-bond donors (Lipinski definition) is 2. The molecule has 0 saturated heterocycles. The summed E-state index contributed by atoms with van der Waals surface area (Å²) in [5, 5.41) is 13.0. The molecule has 0 spiro atoms. The zero-order valence-electron chi connectivity index (χ0n) is 12.8. The van der Waals surface area contributed by atoms with Gasteiger partial charge in [0, 0.05) is 12.1 Å². The highest BCUT2D eigenvalue weighted by Crippen LogP contribution is 2.41. The summed E-state index contributed by atoms with van der Waals surface area (Å²) in [6.07, 6.45) is 3.30. The normalized spacial score (nSPS) is 23.4. The van der Waals surface area contributed by atoms with E-state index in [9.17, 15) is 5.11 Å². The maximum absolute atomic E-state index is 9.43. The minimum atomic E-state index is 0.230. The van der Waals surface area contributed by atoms with Crippen molar-refractivity contribution in [3.63, 3.8) is 0 Å². The molecule has 0 aliphatic heterocycles. The Morgan fingerprint density at radius 2 is 2.00 bits per heavy atom. The summed E-state index contributed by atoms with van der Waals surface area (Å²) in [6, 6.07) is 9.05. The number of para-hydroxylation sites is 1. The molecule has 20 heavy (non-hydrogen) atoms. The predicted molar refractivity (Wildman–Crippen MR) is 82.2 cm³/mol. The second-order valence-corrected chi connectivity index (χ2v) is 6.28. The molecular formula is C17H27NO2. The van der Waals surface area contributed by atoms with Crippen LogP contribution in [0.5, 0.6) is 5.75 Å². The van der Waals surface area contributed by atoms with Gasteiger partial charge in [0.05, 0.1) is 13.7 Å². The molecule has 1 atom stereocenters. The number of aliphatic hydroxyl groups excluding tert-OH is 1. The molecule has 0 radical (unpaired) electrons. The third-order valence-corrected chi connectivity index (χ3v) is 4.16. The Bertz CT molecular complexity index is 413. The fourth-order valence-corrected chi connectivity index (χ4v) is 3.11. The molecule has 3 heteroatoms. The van der Waals surface area contributed by atoms with Crippen molar-refractivity contribution in [3.05, 3.63) is 29.8 Å². The smallest absolute Gasteiger partial charge is 0.122 e. The van der Waals surface area contributed by atoms with E-state index in [0.717, 1.165) is 25.0 Å². The number of hydrogen-bond acceptors (Lipinski definition) is 3. The van der Waals surface area contributed by atoms with Gasteiger partial charge in [0.2, 0.25) is 0 Å². The lowest BCUT2D eigenvalue weighted by molar-refractivity contribution is 0.180. The van der Waals surface area contributed by atoms with Gasteiger partial charge in [-0.3, -0.25) is 0 Å². The summed E-state index contributed by atoms with van der Waals surface area (Å²) in [7, 11) is 1.73. The molecular weight excluding hydrogens is 250 g/mol. The molecule has 2 rings (SSSR count). The summed E-state index contributed by atoms with van der Waals surface area (Å²) in [5.74, 6) is 2.20. The Labute approximate surface area is 122 Å². The lowest BCUT2D eigenvalue weighted by Crippen LogP contribution is -2.47. The van der Waals surface area contributed by atoms with Gasteiger partial charge in [-0.2, -0.15) is 0 Å². The predicted octanol–water partition coefficient (Wildman–Crippen LogP) is 2.94. The monoisotopic (exact) mass is 277 g/mol. The van der Waals surface area contributed by atoms with E-state index in [4.69, 9.17) is 4.74 Å². The van der Waals surface area contributed by atoms with Crippen molar-refractivity contribution in [2.75, 3.05) is 13.7 Å². The first-order chi connectivity index (χ1) is 9.63. The van der Waals surface area contributed by atoms with Crippen LogP contribution in [0.15, 0.2) is 24.3 Å². The SMILES string of the molecule is COc1ccccc1C1CC(NC(CO)CC(C)C)C1. The number of aliphatic hydroxyl groups is 1. The average Bonchev–Trinajstić information content (AvgIpc) is 2.40. The van der Waals surface area contributed by atoms with Crippen molar-refractivity contribution in [3.8, 4) is 5.75 Å². The van der Waals surface area contributed by atoms with Crippen LogP contribution in [0.25, 0.3) is 0 Å². The number of nitrogens with one attached hydrogen (secondary N) is 1. The first-order valence-corrected chi connectivity index (χ1v) is 7.63. The maximum Gasteiger partial charge on any atom is 0.122 e. The van der Waals surface area contributed by atoms with E-state index in [1.165, 1.54) is 5.56 Å². The van der Waals surface area contributed by atoms with Crippen LogP contribution >= 0.6 is 0 Å². The van der Waals surface area contributed by atoms with E-state index in [2.05, 4.69) is 31.3 Å². The molecule has 2 N–H and O–H groups in total. The maximum atomic E-state index is 9.43. The number of methoxy groups -OCH3 is 1. The van der Waals surface area contributed by atoms with Gasteiger partial charge in [0.15, 0.2) is 0 Å². The Morgan fingerprint density at radius 1 is 1.30 bits per heavy atom. The van der Waals surface area contributed by atoms with Crippen LogP contribution < -0.4 is 10.1 Å². The summed E-state index contributed by atoms with van der Waals surface area (Å²) < 4.78 is 5.43. The van der Waals surface area contributed by atoms with Crippen LogP contribution in [0.3, 0.4) is 0 Å². The lowest BCUT2D eigenvalue weighted by atomic mass is 9.75. The highest BCUT2D eigenvalue weighted by Gasteiger charge is 2.33. The largest absolute Gasteiger partial charge is 0.496 e. The van der Waals surface area contributed by atoms with Crippen LogP contribution in [-0.2, 0) is 0 Å². The third kappa shape index (κ3) is 3.74. The number of ether oxygens (including phenoxy) is 1. The van der Waals surface area contributed by atoms with Crippen molar-refractivity contribution in [1.82, 2.24) is 5.32 Å². The molecule has 1 aromatic rings. The third-order valence-electron chi connectivity index (χ3n) is 4.16. The quantitative estimate of drug-likeness (QED) is 0.805. The molecule has 0 amide bonds. The van der Waals surface area contributed by atoms with Crippen LogP contribution in [0.4, 0.5) is 0 Å². The Balaban J connectivity index is 1.85. The Morgan fingerprint density at radius 3 is 2.60 bits per heavy atom. The van der Waals surface area contributed by atoms with Crippen LogP contribution in [0, 0.1) is 5.92 Å². The van der Waals surface area contributed by atoms with E-state index >= 15 is 0 Å². The summed E-state index contributed by atoms with van der Waals surface area (Å²) in [6.45, 7) is 4.62. The minimum Gasteiger partial charge on any atom is -0.496 e. The molecule has 0 bridgehead atoms. The molecule has 1 aliphatic carbocycles. The summed E-state index contributed by atoms with van der Waals surface area (Å²) in [4.78, 5) is 0. The standard InChI is InChI=1S/C17H27NO2/c1-12(2)8-15(11-19)18-14-9-13(10-14)16-6-4-5-7-17(16)20-3/h4-7,12-15,18-19H,8-11H2,1-3H3. The van der Waals surface area contributed by atoms with Crippen molar-refractivity contribution in [1.29, 1.82) is 0 Å². The topological polar surface area (TPSA) is 41.5 Å². The summed E-state index contributed by atoms with van der Waals surface area (Å²) in [5.41, 5.74) is 1.32. The fourth-order valence-electron chi connectivity index (χ4n) is 3.11. The zero-order chi connectivity index (χ0) is 14.5. The van der Waals surface area contributed by atoms with Crippen molar-refractivity contribution >= 4 is 0 Å². The van der Waals surface area contributed by atoms with Crippen molar-refractivity contribution < 1.29 is 9.84 Å². The van der Waals surface area contributed by atoms with Crippen molar-refractivity contribution in [2.24, 2.45) is 5.92 Å². The minimum absolute atomic E-state index is 0.230. The molecule has 1 saturated carbocycles. The van der Waals surface area contributed by atoms with Gasteiger partial charge in [0.25, 0.3) is 0 Å². The van der Waals surface area contributed by atoms with Crippen LogP contribution in [0.1, 0.15) is 44.6 Å². The molecule has 1 aromatic carbocycles. The van der Waals surface area contributed by atoms with E-state index in [1.807, 2.05) is 12.1 Å². The average molecular weight is 277 g/mol. The van der Waals surface area contributed by atoms with Crippen LogP contribution in [0.2, 0.25) is 0 Å². The van der Waals surface area contributed by atoms with Gasteiger partial charge in [-0.05, 0) is 42.7 Å². The second-order valence-electron chi connectivity index (χ2n) is 6.28. The molecule has 112 valence electrons. The number of rotatable bonds is 7. The van der Waals surface area contributed by atoms with E-state index in [0.29, 0.717) is 17.9 Å². The summed E-state index contributed by atoms with van der Waals surface area (Å²) >= 11 is 0. The van der Waals surface area contributed by atoms with Crippen LogP contribution in [-0.4, -0.2) is 30.9 Å². The Hall–Kier alpha value is -1.06. The molecule has 1 unspecified atom stereocenters. The van der Waals surface area contributed by atoms with Gasteiger partial charge in [-0.25, -0.2) is 0 Å². The lowest BCUT2D eigenvalue weighted by Gasteiger charge is -2.39. The molecule has 1 aliphatic rings. The van der Waals surface area contributed by atoms with Gasteiger partial charge in [-0.15, -0.1) is 0 Å². The first kappa shape index (κ1) is 15.3. The molecule has 0 heterocycles. The first-order valence-electron chi connectivity index (χ1n) is 7.63. The highest BCUT2D eigenvalue weighted by molar-refractivity contribution is 5.37. The second kappa shape index (κ2) is 7.09. The fraction of sp³-hybridized carbons (Fsp3) is 0.647. The van der Waals surface area contributed by atoms with E-state index < -0.39 is 0 Å². The number of benzene rings is 1. The van der Waals surface area contributed by atoms with E-state index in [-0.39, 0.29) is 12.6 Å². The Kier molecular flexibility index (Phi) is 5.44. The highest BCUT2D eigenvalue weighted by atomic mass is 16.5. The molecule has 0 aromatic heterocycles. The van der Waals surface area contributed by atoms with Crippen molar-refractivity contribution in [2.45, 2.75) is 51.1 Å².